The Morgan fingerprint density at radius 2 is 2.00 bits per heavy atom. The van der Waals surface area contributed by atoms with Crippen molar-refractivity contribution < 1.29 is 19.7 Å². The molecule has 1 unspecified atom stereocenters. The summed E-state index contributed by atoms with van der Waals surface area (Å²) in [6, 6.07) is 12.1. The molecule has 1 fully saturated rings. The van der Waals surface area contributed by atoms with Crippen molar-refractivity contribution in [2.75, 3.05) is 19.7 Å². The van der Waals surface area contributed by atoms with Crippen LogP contribution < -0.4 is 0 Å². The van der Waals surface area contributed by atoms with Crippen LogP contribution in [0.2, 0.25) is 10.0 Å². The number of aliphatic hydroxyl groups excluding tert-OH is 1. The molecular formula is C26H33Cl2NO4. The second-order valence-electron chi connectivity index (χ2n) is 8.97. The van der Waals surface area contributed by atoms with Crippen molar-refractivity contribution in [3.05, 3.63) is 68.7 Å². The molecule has 2 N–H and O–H groups in total. The maximum absolute atomic E-state index is 11.0. The summed E-state index contributed by atoms with van der Waals surface area (Å²) in [4.78, 5) is 13.3. The monoisotopic (exact) mass is 493 g/mol. The largest absolute Gasteiger partial charge is 0.481 e. The van der Waals surface area contributed by atoms with E-state index in [-0.39, 0.29) is 19.1 Å². The Morgan fingerprint density at radius 1 is 1.21 bits per heavy atom. The lowest BCUT2D eigenvalue weighted by Crippen LogP contribution is -2.39. The van der Waals surface area contributed by atoms with Gasteiger partial charge >= 0.3 is 5.97 Å². The van der Waals surface area contributed by atoms with Gasteiger partial charge in [-0.25, -0.2) is 0 Å². The maximum Gasteiger partial charge on any atom is 0.303 e. The first-order chi connectivity index (χ1) is 15.7. The van der Waals surface area contributed by atoms with Crippen LogP contribution in [0.1, 0.15) is 54.5 Å². The third-order valence-corrected chi connectivity index (χ3v) is 7.02. The lowest BCUT2D eigenvalue weighted by molar-refractivity contribution is -0.136. The van der Waals surface area contributed by atoms with Gasteiger partial charge in [0, 0.05) is 19.0 Å². The van der Waals surface area contributed by atoms with Gasteiger partial charge in [0.25, 0.3) is 0 Å². The lowest BCUT2D eigenvalue weighted by atomic mass is 9.97. The molecule has 5 nitrogen and oxygen atoms in total. The summed E-state index contributed by atoms with van der Waals surface area (Å²) in [5, 5.41) is 20.9. The summed E-state index contributed by atoms with van der Waals surface area (Å²) in [7, 11) is 0. The summed E-state index contributed by atoms with van der Waals surface area (Å²) in [5.74, 6) is -0.813. The van der Waals surface area contributed by atoms with Gasteiger partial charge in [0.15, 0.2) is 0 Å². The quantitative estimate of drug-likeness (QED) is 0.434. The number of likely N-dealkylation sites (tertiary alicyclic amines) is 1. The van der Waals surface area contributed by atoms with E-state index in [1.54, 1.807) is 0 Å². The fraction of sp³-hybridized carbons (Fsp3) is 0.500. The van der Waals surface area contributed by atoms with E-state index in [9.17, 15) is 9.90 Å². The van der Waals surface area contributed by atoms with Gasteiger partial charge in [0.2, 0.25) is 0 Å². The highest BCUT2D eigenvalue weighted by atomic mass is 35.5. The molecule has 3 atom stereocenters. The Balaban J connectivity index is 1.53. The Labute approximate surface area is 206 Å². The minimum absolute atomic E-state index is 0.0843. The van der Waals surface area contributed by atoms with Crippen LogP contribution in [0.4, 0.5) is 0 Å². The summed E-state index contributed by atoms with van der Waals surface area (Å²) >= 11 is 12.2. The van der Waals surface area contributed by atoms with Crippen LogP contribution in [0.5, 0.6) is 0 Å². The molecule has 7 heteroatoms. The highest BCUT2D eigenvalue weighted by Gasteiger charge is 2.27. The molecule has 0 amide bonds. The average molecular weight is 494 g/mol. The molecule has 2 aromatic carbocycles. The number of nitrogens with zero attached hydrogens (tertiary/aromatic N) is 1. The minimum Gasteiger partial charge on any atom is -0.481 e. The number of aliphatic carboxylic acids is 1. The number of β-amino-alcohol motifs (C(OH)–C–C–N with tert-alkyl or cyclic N) is 1. The molecule has 0 saturated carbocycles. The molecule has 180 valence electrons. The molecule has 1 heterocycles. The number of carboxylic acid groups (broad SMARTS) is 1. The summed E-state index contributed by atoms with van der Waals surface area (Å²) < 4.78 is 6.01. The van der Waals surface area contributed by atoms with Crippen molar-refractivity contribution in [3.8, 4) is 0 Å². The first kappa shape index (κ1) is 26.0. The zero-order chi connectivity index (χ0) is 24.0. The van der Waals surface area contributed by atoms with Crippen molar-refractivity contribution >= 4 is 29.2 Å². The fourth-order valence-corrected chi connectivity index (χ4v) is 4.88. The second-order valence-corrected chi connectivity index (χ2v) is 9.78. The van der Waals surface area contributed by atoms with Crippen LogP contribution in [0.15, 0.2) is 36.4 Å². The van der Waals surface area contributed by atoms with Crippen molar-refractivity contribution in [2.45, 2.75) is 64.2 Å². The standard InChI is InChI=1S/C26H33Cl2NO4/c1-17-5-8-23(20(12-17)7-10-26(31)32)18(2)33-16-22(30)15-29-11-3-4-21(29)13-19-6-9-24(27)25(28)14-19/h5-6,8-9,12,14,18,21-22,30H,3-4,7,10-11,13,15-16H2,1-2H3,(H,31,32)/t18-,21+,22?/m1/s1. The molecule has 0 bridgehead atoms. The lowest BCUT2D eigenvalue weighted by Gasteiger charge is -2.28. The van der Waals surface area contributed by atoms with E-state index >= 15 is 0 Å². The predicted molar refractivity (Wildman–Crippen MR) is 132 cm³/mol. The smallest absolute Gasteiger partial charge is 0.303 e. The number of hydrogen-bond acceptors (Lipinski definition) is 4. The molecule has 1 aliphatic rings. The van der Waals surface area contributed by atoms with Crippen molar-refractivity contribution in [2.24, 2.45) is 0 Å². The zero-order valence-corrected chi connectivity index (χ0v) is 20.8. The van der Waals surface area contributed by atoms with Crippen molar-refractivity contribution in [1.82, 2.24) is 4.90 Å². The van der Waals surface area contributed by atoms with E-state index < -0.39 is 12.1 Å². The highest BCUT2D eigenvalue weighted by Crippen LogP contribution is 2.27. The molecule has 0 radical (unpaired) electrons. The summed E-state index contributed by atoms with van der Waals surface area (Å²) in [5.41, 5.74) is 4.20. The van der Waals surface area contributed by atoms with Crippen LogP contribution in [-0.4, -0.2) is 52.9 Å². The van der Waals surface area contributed by atoms with Crippen LogP contribution in [0.3, 0.4) is 0 Å². The van der Waals surface area contributed by atoms with Gasteiger partial charge in [-0.15, -0.1) is 0 Å². The first-order valence-corrected chi connectivity index (χ1v) is 12.3. The van der Waals surface area contributed by atoms with E-state index in [0.717, 1.165) is 48.1 Å². The third-order valence-electron chi connectivity index (χ3n) is 6.28. The van der Waals surface area contributed by atoms with E-state index in [1.165, 1.54) is 0 Å². The second kappa shape index (κ2) is 12.2. The number of aryl methyl sites for hydroxylation is 2. The van der Waals surface area contributed by atoms with Crippen LogP contribution in [-0.2, 0) is 22.4 Å². The number of benzene rings is 2. The SMILES string of the molecule is Cc1ccc([C@@H](C)OCC(O)CN2CCC[C@H]2Cc2ccc(Cl)c(Cl)c2)c(CCC(=O)O)c1. The van der Waals surface area contributed by atoms with Gasteiger partial charge in [0.05, 0.1) is 28.9 Å². The van der Waals surface area contributed by atoms with Crippen LogP contribution in [0, 0.1) is 6.92 Å². The molecule has 3 rings (SSSR count). The number of aliphatic hydroxyl groups is 1. The first-order valence-electron chi connectivity index (χ1n) is 11.5. The number of carbonyl (C=O) groups is 1. The number of halogens is 2. The van der Waals surface area contributed by atoms with Gasteiger partial charge in [-0.1, -0.05) is 53.0 Å². The number of hydrogen-bond donors (Lipinski definition) is 2. The van der Waals surface area contributed by atoms with Crippen LogP contribution >= 0.6 is 23.2 Å². The topological polar surface area (TPSA) is 70.0 Å². The van der Waals surface area contributed by atoms with Crippen molar-refractivity contribution in [1.29, 1.82) is 0 Å². The predicted octanol–water partition coefficient (Wildman–Crippen LogP) is 5.46. The summed E-state index contributed by atoms with van der Waals surface area (Å²) in [6.07, 6.45) is 2.78. The van der Waals surface area contributed by atoms with Gasteiger partial charge in [-0.05, 0) is 74.9 Å². The zero-order valence-electron chi connectivity index (χ0n) is 19.3. The van der Waals surface area contributed by atoms with Gasteiger partial charge in [0.1, 0.15) is 0 Å². The molecule has 0 aliphatic carbocycles. The maximum atomic E-state index is 11.0. The van der Waals surface area contributed by atoms with E-state index in [1.807, 2.05) is 50.2 Å². The molecule has 0 spiro atoms. The van der Waals surface area contributed by atoms with E-state index in [2.05, 4.69) is 4.90 Å². The third kappa shape index (κ3) is 7.69. The average Bonchev–Trinajstić information content (AvgIpc) is 3.19. The molecular weight excluding hydrogens is 461 g/mol. The number of carboxylic acids is 1. The normalized spacial score (nSPS) is 18.4. The highest BCUT2D eigenvalue weighted by molar-refractivity contribution is 6.42. The Kier molecular flexibility index (Phi) is 9.59. The van der Waals surface area contributed by atoms with Crippen molar-refractivity contribution in [3.63, 3.8) is 0 Å². The van der Waals surface area contributed by atoms with E-state index in [4.69, 9.17) is 33.0 Å². The molecule has 1 saturated heterocycles. The van der Waals surface area contributed by atoms with Gasteiger partial charge in [-0.2, -0.15) is 0 Å². The van der Waals surface area contributed by atoms with E-state index in [0.29, 0.717) is 29.1 Å². The molecule has 2 aromatic rings. The molecule has 0 aromatic heterocycles. The fourth-order valence-electron chi connectivity index (χ4n) is 4.56. The Hall–Kier alpha value is -1.63. The number of ether oxygens (including phenoxy) is 1. The van der Waals surface area contributed by atoms with Gasteiger partial charge < -0.3 is 14.9 Å². The Bertz CT molecular complexity index is 952. The molecule has 33 heavy (non-hydrogen) atoms. The minimum atomic E-state index is -0.813. The Morgan fingerprint density at radius 3 is 2.73 bits per heavy atom. The molecule has 1 aliphatic heterocycles. The van der Waals surface area contributed by atoms with Crippen LogP contribution in [0.25, 0.3) is 0 Å². The number of rotatable bonds is 11. The van der Waals surface area contributed by atoms with Gasteiger partial charge in [-0.3, -0.25) is 9.69 Å². The summed E-state index contributed by atoms with van der Waals surface area (Å²) in [6.45, 7) is 5.68.